The van der Waals surface area contributed by atoms with Gasteiger partial charge in [-0.15, -0.1) is 0 Å². The molecule has 0 N–H and O–H groups in total. The first-order valence-corrected chi connectivity index (χ1v) is 4.68. The molecule has 0 aromatic carbocycles. The fourth-order valence-corrected chi connectivity index (χ4v) is 1.92. The zero-order valence-corrected chi connectivity index (χ0v) is 8.03. The molecule has 1 fully saturated rings. The van der Waals surface area contributed by atoms with Gasteiger partial charge in [-0.05, 0) is 12.8 Å². The second-order valence-corrected chi connectivity index (χ2v) is 3.64. The van der Waals surface area contributed by atoms with Gasteiger partial charge in [0.05, 0.1) is 0 Å². The second kappa shape index (κ2) is 3.26. The largest absolute Gasteiger partial charge is 0.363 e. The number of hydrogen-bond acceptors (Lipinski definition) is 3. The van der Waals surface area contributed by atoms with Crippen molar-refractivity contribution in [2.75, 3.05) is 13.6 Å². The van der Waals surface area contributed by atoms with Gasteiger partial charge in [-0.1, -0.05) is 6.08 Å². The molecule has 0 aromatic heterocycles. The number of fused-ring (bicyclic) bond motifs is 1. The van der Waals surface area contributed by atoms with E-state index >= 15 is 0 Å². The summed E-state index contributed by atoms with van der Waals surface area (Å²) in [7, 11) is 1.93. The van der Waals surface area contributed by atoms with E-state index in [1.54, 1.807) is 6.08 Å². The van der Waals surface area contributed by atoms with Crippen LogP contribution in [0, 0.1) is 17.2 Å². The van der Waals surface area contributed by atoms with Gasteiger partial charge in [-0.2, -0.15) is 10.3 Å². The highest BCUT2D eigenvalue weighted by Gasteiger charge is 2.29. The topological polar surface area (TPSA) is 56.5 Å². The molecule has 0 aromatic rings. The van der Waals surface area contributed by atoms with Crippen LogP contribution in [-0.4, -0.2) is 30.2 Å². The molecule has 0 spiro atoms. The maximum Gasteiger partial charge on any atom is 0.289 e. The van der Waals surface area contributed by atoms with Crippen LogP contribution in [0.4, 0.5) is 0 Å². The molecule has 1 unspecified atom stereocenters. The van der Waals surface area contributed by atoms with Crippen molar-refractivity contribution >= 4 is 11.7 Å². The molecule has 0 radical (unpaired) electrons. The molecule has 1 amide bonds. The summed E-state index contributed by atoms with van der Waals surface area (Å²) in [4.78, 5) is 17.3. The van der Waals surface area contributed by atoms with Crippen molar-refractivity contribution in [1.82, 2.24) is 4.90 Å². The van der Waals surface area contributed by atoms with Crippen LogP contribution in [0.3, 0.4) is 0 Å². The zero-order chi connectivity index (χ0) is 10.1. The Kier molecular flexibility index (Phi) is 2.08. The first kappa shape index (κ1) is 8.95. The number of dihydropyridines is 1. The number of rotatable bonds is 0. The minimum atomic E-state index is -0.396. The predicted molar refractivity (Wildman–Crippen MR) is 51.5 cm³/mol. The smallest absolute Gasteiger partial charge is 0.289 e. The molecular weight excluding hydrogens is 178 g/mol. The first-order chi connectivity index (χ1) is 6.72. The Morgan fingerprint density at radius 2 is 2.50 bits per heavy atom. The number of carbonyl (C=O) groups is 1. The van der Waals surface area contributed by atoms with Crippen molar-refractivity contribution in [2.45, 2.75) is 12.8 Å². The summed E-state index contributed by atoms with van der Waals surface area (Å²) in [6.07, 6.45) is 3.82. The lowest BCUT2D eigenvalue weighted by atomic mass is 9.92. The highest BCUT2D eigenvalue weighted by molar-refractivity contribution is 6.09. The molecule has 2 heterocycles. The lowest BCUT2D eigenvalue weighted by Gasteiger charge is -2.32. The molecule has 2 aliphatic heterocycles. The number of carbonyl (C=O) groups excluding carboxylic acids is 1. The molecule has 2 aliphatic rings. The van der Waals surface area contributed by atoms with Crippen LogP contribution >= 0.6 is 0 Å². The van der Waals surface area contributed by atoms with E-state index < -0.39 is 5.91 Å². The molecule has 14 heavy (non-hydrogen) atoms. The Labute approximate surface area is 82.5 Å². The predicted octanol–water partition coefficient (Wildman–Crippen LogP) is 0.717. The van der Waals surface area contributed by atoms with E-state index in [4.69, 9.17) is 5.26 Å². The standard InChI is InChI=1S/C10H11N3O/c1-13-4-2-3-7-5-8(6-11)10(14)12-9(7)13/h5,7H,2-4H2,1H3. The number of aliphatic imine (C=N–C) groups is 1. The van der Waals surface area contributed by atoms with Gasteiger partial charge in [-0.3, -0.25) is 4.79 Å². The number of nitriles is 1. The molecular formula is C10H11N3O. The van der Waals surface area contributed by atoms with E-state index in [2.05, 4.69) is 4.99 Å². The Balaban J connectivity index is 2.33. The number of hydrogen-bond donors (Lipinski definition) is 0. The van der Waals surface area contributed by atoms with Gasteiger partial charge in [-0.25, -0.2) is 0 Å². The minimum Gasteiger partial charge on any atom is -0.363 e. The van der Waals surface area contributed by atoms with E-state index in [-0.39, 0.29) is 11.5 Å². The maximum atomic E-state index is 11.3. The number of amidine groups is 1. The van der Waals surface area contributed by atoms with Gasteiger partial charge in [0.1, 0.15) is 17.5 Å². The van der Waals surface area contributed by atoms with Crippen LogP contribution in [0.25, 0.3) is 0 Å². The lowest BCUT2D eigenvalue weighted by Crippen LogP contribution is -2.40. The van der Waals surface area contributed by atoms with Gasteiger partial charge < -0.3 is 4.90 Å². The SMILES string of the molecule is CN1CCCC2C=C(C#N)C(=O)N=C21. The first-order valence-electron chi connectivity index (χ1n) is 4.68. The summed E-state index contributed by atoms with van der Waals surface area (Å²) >= 11 is 0. The highest BCUT2D eigenvalue weighted by atomic mass is 16.1. The molecule has 4 nitrogen and oxygen atoms in total. The summed E-state index contributed by atoms with van der Waals surface area (Å²) in [5.41, 5.74) is 0.189. The summed E-state index contributed by atoms with van der Waals surface area (Å²) in [5, 5.41) is 8.70. The Hall–Kier alpha value is -1.63. The molecule has 1 saturated heterocycles. The van der Waals surface area contributed by atoms with E-state index in [1.807, 2.05) is 18.0 Å². The number of amides is 1. The molecule has 0 aliphatic carbocycles. The van der Waals surface area contributed by atoms with Crippen LogP contribution < -0.4 is 0 Å². The van der Waals surface area contributed by atoms with Crippen molar-refractivity contribution in [1.29, 1.82) is 5.26 Å². The molecule has 1 atom stereocenters. The fraction of sp³-hybridized carbons (Fsp3) is 0.500. The third-order valence-corrected chi connectivity index (χ3v) is 2.67. The van der Waals surface area contributed by atoms with Gasteiger partial charge in [0, 0.05) is 19.5 Å². The average Bonchev–Trinajstić information content (AvgIpc) is 2.19. The quantitative estimate of drug-likeness (QED) is 0.564. The Morgan fingerprint density at radius 3 is 3.21 bits per heavy atom. The van der Waals surface area contributed by atoms with Crippen LogP contribution in [-0.2, 0) is 4.79 Å². The van der Waals surface area contributed by atoms with Crippen molar-refractivity contribution in [3.05, 3.63) is 11.6 Å². The van der Waals surface area contributed by atoms with Crippen LogP contribution in [0.1, 0.15) is 12.8 Å². The number of likely N-dealkylation sites (tertiary alicyclic amines) is 1. The van der Waals surface area contributed by atoms with E-state index in [0.29, 0.717) is 0 Å². The van der Waals surface area contributed by atoms with Crippen molar-refractivity contribution < 1.29 is 4.79 Å². The van der Waals surface area contributed by atoms with Crippen LogP contribution in [0.15, 0.2) is 16.6 Å². The number of piperidine rings is 1. The number of nitrogens with zero attached hydrogens (tertiary/aromatic N) is 3. The van der Waals surface area contributed by atoms with E-state index in [1.165, 1.54) is 0 Å². The molecule has 0 bridgehead atoms. The van der Waals surface area contributed by atoms with Gasteiger partial charge in [0.25, 0.3) is 5.91 Å². The summed E-state index contributed by atoms with van der Waals surface area (Å²) < 4.78 is 0. The van der Waals surface area contributed by atoms with Crippen LogP contribution in [0.5, 0.6) is 0 Å². The van der Waals surface area contributed by atoms with Crippen molar-refractivity contribution in [3.63, 3.8) is 0 Å². The summed E-state index contributed by atoms with van der Waals surface area (Å²) in [5.74, 6) is 0.592. The average molecular weight is 189 g/mol. The van der Waals surface area contributed by atoms with Gasteiger partial charge >= 0.3 is 0 Å². The highest BCUT2D eigenvalue weighted by Crippen LogP contribution is 2.24. The Morgan fingerprint density at radius 1 is 1.71 bits per heavy atom. The van der Waals surface area contributed by atoms with E-state index in [9.17, 15) is 4.79 Å². The molecule has 4 heteroatoms. The maximum absolute atomic E-state index is 11.3. The third kappa shape index (κ3) is 1.31. The van der Waals surface area contributed by atoms with Crippen LogP contribution in [0.2, 0.25) is 0 Å². The minimum absolute atomic E-state index is 0.168. The molecule has 72 valence electrons. The summed E-state index contributed by atoms with van der Waals surface area (Å²) in [6, 6.07) is 1.89. The Bertz CT molecular complexity index is 375. The normalized spacial score (nSPS) is 26.1. The van der Waals surface area contributed by atoms with Crippen molar-refractivity contribution in [3.8, 4) is 6.07 Å². The summed E-state index contributed by atoms with van der Waals surface area (Å²) in [6.45, 7) is 0.943. The fourth-order valence-electron chi connectivity index (χ4n) is 1.92. The third-order valence-electron chi connectivity index (χ3n) is 2.67. The zero-order valence-electron chi connectivity index (χ0n) is 8.03. The van der Waals surface area contributed by atoms with Gasteiger partial charge in [0.2, 0.25) is 0 Å². The molecule has 0 saturated carbocycles. The lowest BCUT2D eigenvalue weighted by molar-refractivity contribution is -0.114. The van der Waals surface area contributed by atoms with Gasteiger partial charge in [0.15, 0.2) is 0 Å². The van der Waals surface area contributed by atoms with Crippen molar-refractivity contribution in [2.24, 2.45) is 10.9 Å². The van der Waals surface area contributed by atoms with E-state index in [0.717, 1.165) is 25.2 Å². The monoisotopic (exact) mass is 189 g/mol. The molecule has 2 rings (SSSR count). The second-order valence-electron chi connectivity index (χ2n) is 3.64.